The Balaban J connectivity index is 2.43. The molecule has 0 aliphatic rings. The van der Waals surface area contributed by atoms with Gasteiger partial charge in [-0.15, -0.1) is 0 Å². The Morgan fingerprint density at radius 2 is 2.00 bits per heavy atom. The van der Waals surface area contributed by atoms with E-state index in [4.69, 9.17) is 5.11 Å². The van der Waals surface area contributed by atoms with Crippen molar-refractivity contribution in [3.63, 3.8) is 0 Å². The minimum atomic E-state index is -0.948. The Kier molecular flexibility index (Phi) is 5.08. The van der Waals surface area contributed by atoms with Gasteiger partial charge in [-0.1, -0.05) is 11.3 Å². The minimum Gasteiger partial charge on any atom is -0.481 e. The van der Waals surface area contributed by atoms with Crippen LogP contribution in [0.2, 0.25) is 0 Å². The maximum absolute atomic E-state index is 11.5. The number of aromatic nitrogens is 1. The zero-order valence-corrected chi connectivity index (χ0v) is 11.2. The number of nitrogens with zero attached hydrogens (tertiary/aromatic N) is 1. The average molecular weight is 272 g/mol. The van der Waals surface area contributed by atoms with E-state index >= 15 is 0 Å². The second-order valence-electron chi connectivity index (χ2n) is 3.90. The Bertz CT molecular complexity index is 504. The van der Waals surface area contributed by atoms with Gasteiger partial charge in [0.1, 0.15) is 0 Å². The summed E-state index contributed by atoms with van der Waals surface area (Å²) < 4.78 is 1.57. The number of aliphatic carboxylic acids is 1. The van der Waals surface area contributed by atoms with Crippen LogP contribution >= 0.6 is 11.3 Å². The zero-order valence-electron chi connectivity index (χ0n) is 10.4. The van der Waals surface area contributed by atoms with Crippen molar-refractivity contribution in [3.05, 3.63) is 20.2 Å². The molecule has 0 unspecified atom stereocenters. The van der Waals surface area contributed by atoms with Crippen LogP contribution in [0.4, 0.5) is 0 Å². The van der Waals surface area contributed by atoms with Crippen molar-refractivity contribution in [1.82, 2.24) is 9.88 Å². The maximum atomic E-state index is 11.5. The molecule has 100 valence electrons. The summed E-state index contributed by atoms with van der Waals surface area (Å²) >= 11 is 1.17. The summed E-state index contributed by atoms with van der Waals surface area (Å²) in [5, 5.41) is 10.9. The van der Waals surface area contributed by atoms with Crippen LogP contribution in [0, 0.1) is 13.8 Å². The van der Waals surface area contributed by atoms with Crippen LogP contribution in [0.5, 0.6) is 0 Å². The molecule has 0 fully saturated rings. The molecule has 2 N–H and O–H groups in total. The van der Waals surface area contributed by atoms with E-state index in [9.17, 15) is 14.4 Å². The van der Waals surface area contributed by atoms with Crippen LogP contribution in [0.25, 0.3) is 0 Å². The largest absolute Gasteiger partial charge is 0.481 e. The van der Waals surface area contributed by atoms with E-state index in [-0.39, 0.29) is 30.2 Å². The fraction of sp³-hybridized carbons (Fsp3) is 0.545. The number of hydrogen-bond acceptors (Lipinski definition) is 4. The third-order valence-corrected chi connectivity index (χ3v) is 3.60. The lowest BCUT2D eigenvalue weighted by Gasteiger charge is -2.05. The molecule has 7 heteroatoms. The first-order valence-corrected chi connectivity index (χ1v) is 6.38. The quantitative estimate of drug-likeness (QED) is 0.789. The highest BCUT2D eigenvalue weighted by molar-refractivity contribution is 7.09. The predicted molar refractivity (Wildman–Crippen MR) is 67.9 cm³/mol. The summed E-state index contributed by atoms with van der Waals surface area (Å²) in [4.78, 5) is 34.1. The van der Waals surface area contributed by atoms with Gasteiger partial charge in [-0.05, 0) is 13.8 Å². The van der Waals surface area contributed by atoms with Gasteiger partial charge in [0.15, 0.2) is 0 Å². The van der Waals surface area contributed by atoms with Gasteiger partial charge in [0.2, 0.25) is 5.91 Å². The van der Waals surface area contributed by atoms with Gasteiger partial charge >= 0.3 is 10.8 Å². The van der Waals surface area contributed by atoms with Gasteiger partial charge in [0, 0.05) is 30.1 Å². The molecule has 1 aromatic heterocycles. The predicted octanol–water partition coefficient (Wildman–Crippen LogP) is 0.508. The minimum absolute atomic E-state index is 0.0664. The van der Waals surface area contributed by atoms with E-state index in [0.29, 0.717) is 6.54 Å². The topological polar surface area (TPSA) is 88.4 Å². The van der Waals surface area contributed by atoms with Crippen LogP contribution in [0.1, 0.15) is 23.4 Å². The van der Waals surface area contributed by atoms with Crippen LogP contribution < -0.4 is 10.2 Å². The first kappa shape index (κ1) is 14.4. The van der Waals surface area contributed by atoms with Crippen LogP contribution in [0.3, 0.4) is 0 Å². The van der Waals surface area contributed by atoms with Gasteiger partial charge in [0.25, 0.3) is 0 Å². The van der Waals surface area contributed by atoms with E-state index in [0.717, 1.165) is 10.6 Å². The second-order valence-corrected chi connectivity index (χ2v) is 5.07. The maximum Gasteiger partial charge on any atom is 0.307 e. The summed E-state index contributed by atoms with van der Waals surface area (Å²) in [6.07, 6.45) is 0.0822. The van der Waals surface area contributed by atoms with Gasteiger partial charge in [0.05, 0.1) is 6.42 Å². The summed E-state index contributed by atoms with van der Waals surface area (Å²) in [6.45, 7) is 4.15. The Morgan fingerprint density at radius 1 is 1.33 bits per heavy atom. The smallest absolute Gasteiger partial charge is 0.307 e. The summed E-state index contributed by atoms with van der Waals surface area (Å²) in [7, 11) is 0. The molecule has 0 aliphatic heterocycles. The molecule has 0 bridgehead atoms. The highest BCUT2D eigenvalue weighted by atomic mass is 32.1. The average Bonchev–Trinajstić information content (AvgIpc) is 2.50. The molecule has 0 aliphatic carbocycles. The Labute approximate surface area is 108 Å². The number of rotatable bonds is 6. The standard InChI is InChI=1S/C11H16N2O4S/c1-7-8(2)18-11(17)13(7)6-4-9(14)12-5-3-10(15)16/h3-6H2,1-2H3,(H,12,14)(H,15,16). The number of amides is 1. The molecule has 1 amide bonds. The second kappa shape index (κ2) is 6.34. The van der Waals surface area contributed by atoms with E-state index < -0.39 is 5.97 Å². The van der Waals surface area contributed by atoms with Crippen molar-refractivity contribution in [3.8, 4) is 0 Å². The number of aryl methyl sites for hydroxylation is 1. The molecule has 0 atom stereocenters. The number of nitrogens with one attached hydrogen (secondary N) is 1. The van der Waals surface area contributed by atoms with E-state index in [1.54, 1.807) is 4.57 Å². The molecule has 0 saturated carbocycles. The van der Waals surface area contributed by atoms with Crippen LogP contribution in [0.15, 0.2) is 4.79 Å². The van der Waals surface area contributed by atoms with E-state index in [2.05, 4.69) is 5.32 Å². The van der Waals surface area contributed by atoms with E-state index in [1.807, 2.05) is 13.8 Å². The van der Waals surface area contributed by atoms with Crippen molar-refractivity contribution in [1.29, 1.82) is 0 Å². The molecule has 1 rings (SSSR count). The third-order valence-electron chi connectivity index (χ3n) is 2.60. The summed E-state index contributed by atoms with van der Waals surface area (Å²) in [5.41, 5.74) is 0.878. The lowest BCUT2D eigenvalue weighted by Crippen LogP contribution is -2.28. The number of carbonyl (C=O) groups is 2. The lowest BCUT2D eigenvalue weighted by molar-refractivity contribution is -0.136. The summed E-state index contributed by atoms with van der Waals surface area (Å²) in [5.74, 6) is -1.19. The van der Waals surface area contributed by atoms with Gasteiger partial charge in [-0.3, -0.25) is 14.4 Å². The molecular formula is C11H16N2O4S. The zero-order chi connectivity index (χ0) is 13.7. The van der Waals surface area contributed by atoms with Crippen LogP contribution in [-0.4, -0.2) is 28.1 Å². The van der Waals surface area contributed by atoms with Crippen molar-refractivity contribution in [2.75, 3.05) is 6.54 Å². The highest BCUT2D eigenvalue weighted by Crippen LogP contribution is 2.09. The molecule has 0 saturated heterocycles. The Morgan fingerprint density at radius 3 is 2.50 bits per heavy atom. The van der Waals surface area contributed by atoms with Crippen molar-refractivity contribution in [2.24, 2.45) is 0 Å². The molecule has 6 nitrogen and oxygen atoms in total. The number of thiazole rings is 1. The third kappa shape index (κ3) is 3.99. The number of carbonyl (C=O) groups excluding carboxylic acids is 1. The SMILES string of the molecule is Cc1sc(=O)n(CCC(=O)NCCC(=O)O)c1C. The molecule has 18 heavy (non-hydrogen) atoms. The molecule has 0 aromatic carbocycles. The molecular weight excluding hydrogens is 256 g/mol. The fourth-order valence-corrected chi connectivity index (χ4v) is 2.31. The highest BCUT2D eigenvalue weighted by Gasteiger charge is 2.09. The molecule has 1 heterocycles. The normalized spacial score (nSPS) is 10.3. The molecule has 0 spiro atoms. The number of carboxylic acid groups (broad SMARTS) is 1. The van der Waals surface area contributed by atoms with Crippen molar-refractivity contribution in [2.45, 2.75) is 33.2 Å². The number of carboxylic acids is 1. The first-order chi connectivity index (χ1) is 8.41. The van der Waals surface area contributed by atoms with Crippen molar-refractivity contribution < 1.29 is 14.7 Å². The lowest BCUT2D eigenvalue weighted by atomic mass is 10.3. The number of hydrogen-bond donors (Lipinski definition) is 2. The van der Waals surface area contributed by atoms with Crippen LogP contribution in [-0.2, 0) is 16.1 Å². The van der Waals surface area contributed by atoms with E-state index in [1.165, 1.54) is 11.3 Å². The molecule has 0 radical (unpaired) electrons. The Hall–Kier alpha value is -1.63. The van der Waals surface area contributed by atoms with Gasteiger partial charge in [-0.25, -0.2) is 0 Å². The molecule has 1 aromatic rings. The summed E-state index contributed by atoms with van der Waals surface area (Å²) in [6, 6.07) is 0. The first-order valence-electron chi connectivity index (χ1n) is 5.57. The van der Waals surface area contributed by atoms with Gasteiger partial charge in [-0.2, -0.15) is 0 Å². The van der Waals surface area contributed by atoms with Crippen molar-refractivity contribution >= 4 is 23.2 Å². The van der Waals surface area contributed by atoms with Gasteiger partial charge < -0.3 is 15.0 Å². The fourth-order valence-electron chi connectivity index (χ4n) is 1.46. The monoisotopic (exact) mass is 272 g/mol.